The molecule has 1 fully saturated rings. The lowest BCUT2D eigenvalue weighted by Crippen LogP contribution is -2.66. The van der Waals surface area contributed by atoms with Gasteiger partial charge in [0.2, 0.25) is 29.6 Å². The number of hydrogen-bond acceptors (Lipinski definition) is 14. The zero-order valence-corrected chi connectivity index (χ0v) is 36.0. The highest BCUT2D eigenvalue weighted by molar-refractivity contribution is 5.83. The normalized spacial score (nSPS) is 18.1. The first-order chi connectivity index (χ1) is 31.6. The van der Waals surface area contributed by atoms with Crippen molar-refractivity contribution in [1.82, 2.24) is 39.1 Å². The van der Waals surface area contributed by atoms with Gasteiger partial charge in [0.25, 0.3) is 0 Å². The van der Waals surface area contributed by atoms with Gasteiger partial charge in [-0.05, 0) is 115 Å². The maximum atomic E-state index is 13.5. The second-order valence-electron chi connectivity index (χ2n) is 16.4. The van der Waals surface area contributed by atoms with E-state index in [4.69, 9.17) is 35.9 Å². The topological polar surface area (TPSA) is 218 Å². The number of aromatic nitrogens is 7. The van der Waals surface area contributed by atoms with Crippen LogP contribution in [0.2, 0.25) is 0 Å². The summed E-state index contributed by atoms with van der Waals surface area (Å²) in [7, 11) is 4.77. The number of nitrogens with two attached hydrogens (primary N) is 2. The average Bonchev–Trinajstić information content (AvgIpc) is 4.02. The second kappa shape index (κ2) is 16.8. The van der Waals surface area contributed by atoms with Gasteiger partial charge in [-0.15, -0.1) is 10.2 Å². The Balaban J connectivity index is 0.828. The van der Waals surface area contributed by atoms with Crippen LogP contribution in [0, 0.1) is 0 Å². The van der Waals surface area contributed by atoms with Crippen molar-refractivity contribution in [2.24, 2.45) is 11.5 Å². The molecule has 0 saturated carbocycles. The summed E-state index contributed by atoms with van der Waals surface area (Å²) >= 11 is 0. The van der Waals surface area contributed by atoms with E-state index in [0.29, 0.717) is 54.4 Å². The van der Waals surface area contributed by atoms with E-state index in [0.717, 1.165) is 63.4 Å². The molecule has 1 aliphatic heterocycles. The molecule has 7 N–H and O–H groups in total. The minimum absolute atomic E-state index is 0.239. The van der Waals surface area contributed by atoms with E-state index in [1.54, 1.807) is 44.3 Å². The fraction of sp³-hybridized carbons (Fsp3) is 0.250. The molecule has 5 aromatic heterocycles. The van der Waals surface area contributed by atoms with Gasteiger partial charge >= 0.3 is 0 Å². The number of fused-ring (bicyclic) bond motifs is 3. The number of anilines is 4. The Morgan fingerprint density at radius 1 is 0.769 bits per heavy atom. The molecule has 0 radical (unpaired) electrons. The van der Waals surface area contributed by atoms with Crippen LogP contribution < -0.4 is 36.3 Å². The number of aliphatic hydroxyl groups excluding tert-OH is 1. The van der Waals surface area contributed by atoms with Crippen molar-refractivity contribution >= 4 is 40.2 Å². The molecule has 1 saturated heterocycles. The summed E-state index contributed by atoms with van der Waals surface area (Å²) in [6, 6.07) is 32.3. The number of likely N-dealkylation sites (tertiary alicyclic amines) is 1. The Morgan fingerprint density at radius 2 is 1.42 bits per heavy atom. The number of benzene rings is 3. The Labute approximate surface area is 374 Å². The number of pyridine rings is 1. The fourth-order valence-electron chi connectivity index (χ4n) is 9.50. The number of methoxy groups -OCH3 is 3. The number of nitrogens with zero attached hydrogens (tertiary/aromatic N) is 8. The van der Waals surface area contributed by atoms with E-state index in [2.05, 4.69) is 37.7 Å². The highest BCUT2D eigenvalue weighted by Gasteiger charge is 2.53. The number of carbonyl (C=O) groups is 1. The molecule has 3 aromatic carbocycles. The highest BCUT2D eigenvalue weighted by Crippen LogP contribution is 2.43. The molecule has 0 spiro atoms. The van der Waals surface area contributed by atoms with E-state index in [1.807, 2.05) is 94.3 Å². The van der Waals surface area contributed by atoms with Gasteiger partial charge in [-0.2, -0.15) is 4.98 Å². The van der Waals surface area contributed by atoms with Crippen molar-refractivity contribution in [3.63, 3.8) is 0 Å². The number of aliphatic hydroxyl groups is 1. The standard InChI is InChI=1S/C48H48N12O5/c1-63-40-7-5-4-6-35(40)38-17-14-33-26-52-47(57-59(33)38)54-32-13-10-30-24-41(61)48(50,37(30)25-32)43(44(49)62)58-22-20-29(21-23-58)28-8-11-31(12-9-28)53-46-51-27-34-15-18-39(60(34)56-46)36-16-19-42(64-2)55-45(36)65-3/h4-19,25-27,29,41,43,61H,20-24,50H2,1-3H3,(H2,49,62)(H,53,56)(H,54,57). The third-order valence-electron chi connectivity index (χ3n) is 12.7. The number of amides is 1. The summed E-state index contributed by atoms with van der Waals surface area (Å²) in [4.78, 5) is 29.0. The Morgan fingerprint density at radius 3 is 2.06 bits per heavy atom. The smallest absolute Gasteiger partial charge is 0.245 e. The van der Waals surface area contributed by atoms with E-state index in [9.17, 15) is 9.90 Å². The largest absolute Gasteiger partial charge is 0.496 e. The number of nitrogens with one attached hydrogen (secondary N) is 2. The zero-order valence-electron chi connectivity index (χ0n) is 36.0. The SMILES string of the molecule is COc1ccc(-c2ccc3cnc(Nc4ccc(C5CCN(C(C(N)=O)C6(N)c7cc(Nc8ncc9ccc(-c%10ccccc%10OC)n9n8)ccc7CC6O)CC5)cc4)nn23)c(OC)n1. The molecule has 65 heavy (non-hydrogen) atoms. The summed E-state index contributed by atoms with van der Waals surface area (Å²) in [5.41, 5.74) is 21.1. The summed E-state index contributed by atoms with van der Waals surface area (Å²) in [5, 5.41) is 27.9. The molecule has 8 aromatic rings. The van der Waals surface area contributed by atoms with Crippen LogP contribution >= 0.6 is 0 Å². The number of hydrogen-bond donors (Lipinski definition) is 5. The molecule has 17 nitrogen and oxygen atoms in total. The highest BCUT2D eigenvalue weighted by atomic mass is 16.5. The van der Waals surface area contributed by atoms with Crippen molar-refractivity contribution in [2.75, 3.05) is 45.1 Å². The molecule has 3 unspecified atom stereocenters. The lowest BCUT2D eigenvalue weighted by molar-refractivity contribution is -0.129. The first kappa shape index (κ1) is 41.4. The van der Waals surface area contributed by atoms with E-state index < -0.39 is 23.6 Å². The Kier molecular flexibility index (Phi) is 10.7. The van der Waals surface area contributed by atoms with Gasteiger partial charge in [-0.25, -0.2) is 19.0 Å². The van der Waals surface area contributed by atoms with Gasteiger partial charge in [-0.1, -0.05) is 30.3 Å². The van der Waals surface area contributed by atoms with Crippen LogP contribution in [0.4, 0.5) is 23.3 Å². The van der Waals surface area contributed by atoms with Gasteiger partial charge < -0.3 is 41.4 Å². The quantitative estimate of drug-likeness (QED) is 0.0923. The van der Waals surface area contributed by atoms with Crippen molar-refractivity contribution < 1.29 is 24.1 Å². The van der Waals surface area contributed by atoms with Gasteiger partial charge in [0, 0.05) is 29.4 Å². The van der Waals surface area contributed by atoms with Crippen LogP contribution in [-0.4, -0.2) is 96.7 Å². The van der Waals surface area contributed by atoms with E-state index in [1.165, 1.54) is 5.56 Å². The predicted octanol–water partition coefficient (Wildman–Crippen LogP) is 5.82. The number of piperidine rings is 1. The van der Waals surface area contributed by atoms with Crippen molar-refractivity contribution in [2.45, 2.75) is 42.9 Å². The van der Waals surface area contributed by atoms with Crippen molar-refractivity contribution in [1.29, 1.82) is 0 Å². The minimum atomic E-state index is -1.45. The second-order valence-corrected chi connectivity index (χ2v) is 16.4. The fourth-order valence-corrected chi connectivity index (χ4v) is 9.50. The predicted molar refractivity (Wildman–Crippen MR) is 246 cm³/mol. The molecule has 330 valence electrons. The van der Waals surface area contributed by atoms with Crippen molar-refractivity contribution in [3.8, 4) is 40.0 Å². The molecular formula is C48H48N12O5. The number of ether oxygens (including phenoxy) is 3. The van der Waals surface area contributed by atoms with Gasteiger partial charge in [0.15, 0.2) is 0 Å². The van der Waals surface area contributed by atoms with Crippen LogP contribution in [-0.2, 0) is 16.8 Å². The lowest BCUT2D eigenvalue weighted by Gasteiger charge is -2.45. The summed E-state index contributed by atoms with van der Waals surface area (Å²) in [6.45, 7) is 1.13. The third kappa shape index (κ3) is 7.48. The van der Waals surface area contributed by atoms with E-state index >= 15 is 0 Å². The maximum Gasteiger partial charge on any atom is 0.245 e. The first-order valence-corrected chi connectivity index (χ1v) is 21.3. The molecule has 3 atom stereocenters. The molecule has 0 bridgehead atoms. The number of primary amides is 1. The molecule has 17 heteroatoms. The van der Waals surface area contributed by atoms with E-state index in [-0.39, 0.29) is 5.92 Å². The molecule has 1 amide bonds. The average molecular weight is 873 g/mol. The summed E-state index contributed by atoms with van der Waals surface area (Å²) in [5.74, 6) is 2.05. The zero-order chi connectivity index (χ0) is 44.8. The monoisotopic (exact) mass is 872 g/mol. The molecule has 1 aliphatic carbocycles. The number of rotatable bonds is 13. The van der Waals surface area contributed by atoms with Gasteiger partial charge in [0.1, 0.15) is 11.8 Å². The van der Waals surface area contributed by atoms with Crippen LogP contribution in [0.3, 0.4) is 0 Å². The molecule has 10 rings (SSSR count). The number of para-hydroxylation sites is 1. The Hall–Kier alpha value is -7.60. The first-order valence-electron chi connectivity index (χ1n) is 21.3. The van der Waals surface area contributed by atoms with Crippen LogP contribution in [0.5, 0.6) is 17.5 Å². The van der Waals surface area contributed by atoms with Crippen LogP contribution in [0.15, 0.2) is 116 Å². The summed E-state index contributed by atoms with van der Waals surface area (Å²) in [6.07, 6.45) is 4.30. The molecule has 6 heterocycles. The third-order valence-corrected chi connectivity index (χ3v) is 12.7. The van der Waals surface area contributed by atoms with Crippen LogP contribution in [0.25, 0.3) is 33.5 Å². The molecule has 2 aliphatic rings. The summed E-state index contributed by atoms with van der Waals surface area (Å²) < 4.78 is 20.1. The Bertz CT molecular complexity index is 3060. The lowest BCUT2D eigenvalue weighted by atomic mass is 9.79. The van der Waals surface area contributed by atoms with Crippen LogP contribution in [0.1, 0.15) is 35.4 Å². The number of carbonyl (C=O) groups excluding carboxylic acids is 1. The van der Waals surface area contributed by atoms with Gasteiger partial charge in [-0.3, -0.25) is 9.69 Å². The van der Waals surface area contributed by atoms with Gasteiger partial charge in [0.05, 0.1) is 73.4 Å². The minimum Gasteiger partial charge on any atom is -0.496 e. The van der Waals surface area contributed by atoms with Crippen molar-refractivity contribution in [3.05, 3.63) is 132 Å². The maximum absolute atomic E-state index is 13.5. The molecular weight excluding hydrogens is 825 g/mol.